The molecule has 0 heterocycles. The number of benzene rings is 1. The minimum atomic E-state index is -0.210. The quantitative estimate of drug-likeness (QED) is 0.624. The molecule has 3 rings (SSSR count). The van der Waals surface area contributed by atoms with Gasteiger partial charge in [-0.25, -0.2) is 0 Å². The van der Waals surface area contributed by atoms with Crippen molar-refractivity contribution in [3.8, 4) is 0 Å². The highest BCUT2D eigenvalue weighted by Crippen LogP contribution is 2.56. The van der Waals surface area contributed by atoms with Gasteiger partial charge in [0.15, 0.2) is 0 Å². The maximum atomic E-state index is 6.12. The Hall–Kier alpha value is -0.910. The van der Waals surface area contributed by atoms with Gasteiger partial charge in [-0.05, 0) is 62.3 Å². The van der Waals surface area contributed by atoms with Gasteiger partial charge in [0.25, 0.3) is 0 Å². The lowest BCUT2D eigenvalue weighted by Crippen LogP contribution is -2.37. The Labute approximate surface area is 146 Å². The number of methoxy groups -OCH3 is 1. The molecule has 4 N–H and O–H groups in total. The van der Waals surface area contributed by atoms with Gasteiger partial charge in [-0.2, -0.15) is 0 Å². The minimum absolute atomic E-state index is 0.110. The minimum Gasteiger partial charge on any atom is -0.386 e. The Bertz CT molecular complexity index is 606. The van der Waals surface area contributed by atoms with Gasteiger partial charge in [0, 0.05) is 17.0 Å². The van der Waals surface area contributed by atoms with Crippen LogP contribution in [0.1, 0.15) is 49.8 Å². The highest BCUT2D eigenvalue weighted by Gasteiger charge is 2.48. The fourth-order valence-corrected chi connectivity index (χ4v) is 4.49. The van der Waals surface area contributed by atoms with Crippen LogP contribution in [0.15, 0.2) is 27.7 Å². The molecule has 1 aromatic rings. The third-order valence-corrected chi connectivity index (χ3v) is 6.02. The van der Waals surface area contributed by atoms with Gasteiger partial charge < -0.3 is 16.2 Å². The number of amidine groups is 1. The monoisotopic (exact) mass is 379 g/mol. The van der Waals surface area contributed by atoms with E-state index in [4.69, 9.17) is 21.2 Å². The highest BCUT2D eigenvalue weighted by molar-refractivity contribution is 9.10. The summed E-state index contributed by atoms with van der Waals surface area (Å²) in [6.07, 6.45) is 5.89. The van der Waals surface area contributed by atoms with E-state index in [0.29, 0.717) is 11.9 Å². The van der Waals surface area contributed by atoms with E-state index in [-0.39, 0.29) is 17.5 Å². The summed E-state index contributed by atoms with van der Waals surface area (Å²) in [4.78, 5) is 4.89. The second-order valence-electron chi connectivity index (χ2n) is 7.06. The third-order valence-electron chi connectivity index (χ3n) is 5.53. The van der Waals surface area contributed by atoms with E-state index in [1.165, 1.54) is 11.1 Å². The summed E-state index contributed by atoms with van der Waals surface area (Å²) in [6.45, 7) is 1.89. The molecule has 0 saturated heterocycles. The Morgan fingerprint density at radius 2 is 2.09 bits per heavy atom. The van der Waals surface area contributed by atoms with Crippen LogP contribution in [0.5, 0.6) is 0 Å². The smallest absolute Gasteiger partial charge is 0.111 e. The number of aliphatic imine (C=N–C) groups is 1. The van der Waals surface area contributed by atoms with E-state index in [2.05, 4.69) is 34.1 Å². The summed E-state index contributed by atoms with van der Waals surface area (Å²) < 4.78 is 6.65. The molecule has 23 heavy (non-hydrogen) atoms. The largest absolute Gasteiger partial charge is 0.386 e. The summed E-state index contributed by atoms with van der Waals surface area (Å²) >= 11 is 3.60. The number of nitrogens with zero attached hydrogens (tertiary/aromatic N) is 1. The van der Waals surface area contributed by atoms with E-state index < -0.39 is 0 Å². The van der Waals surface area contributed by atoms with Crippen LogP contribution in [0.4, 0.5) is 0 Å². The molecule has 0 aliphatic heterocycles. The van der Waals surface area contributed by atoms with E-state index in [0.717, 1.165) is 36.6 Å². The maximum absolute atomic E-state index is 6.12. The van der Waals surface area contributed by atoms with Crippen LogP contribution in [-0.2, 0) is 11.2 Å². The van der Waals surface area contributed by atoms with Gasteiger partial charge in [-0.1, -0.05) is 22.0 Å². The summed E-state index contributed by atoms with van der Waals surface area (Å²) in [5, 5.41) is 0. The van der Waals surface area contributed by atoms with Crippen molar-refractivity contribution in [1.82, 2.24) is 0 Å². The lowest BCUT2D eigenvalue weighted by Gasteiger charge is -2.40. The first-order valence-electron chi connectivity index (χ1n) is 8.35. The normalized spacial score (nSPS) is 32.1. The van der Waals surface area contributed by atoms with Gasteiger partial charge >= 0.3 is 0 Å². The summed E-state index contributed by atoms with van der Waals surface area (Å²) in [7, 11) is 1.81. The maximum Gasteiger partial charge on any atom is 0.111 e. The number of halogens is 1. The van der Waals surface area contributed by atoms with E-state index in [1.54, 1.807) is 0 Å². The summed E-state index contributed by atoms with van der Waals surface area (Å²) in [6, 6.07) is 6.45. The Morgan fingerprint density at radius 1 is 1.39 bits per heavy atom. The number of nitrogens with two attached hydrogens (primary N) is 2. The third kappa shape index (κ3) is 3.19. The van der Waals surface area contributed by atoms with Crippen LogP contribution in [0, 0.1) is 5.41 Å². The van der Waals surface area contributed by atoms with E-state index in [1.807, 2.05) is 14.0 Å². The Morgan fingerprint density at radius 3 is 2.70 bits per heavy atom. The average Bonchev–Trinajstić information content (AvgIpc) is 2.81. The molecule has 2 atom stereocenters. The summed E-state index contributed by atoms with van der Waals surface area (Å²) in [5.74, 6) is 0.552. The van der Waals surface area contributed by atoms with Crippen molar-refractivity contribution in [2.75, 3.05) is 7.11 Å². The first-order valence-corrected chi connectivity index (χ1v) is 9.14. The first kappa shape index (κ1) is 16.9. The molecule has 1 aromatic carbocycles. The fourth-order valence-electron chi connectivity index (χ4n) is 4.11. The van der Waals surface area contributed by atoms with Gasteiger partial charge in [0.1, 0.15) is 5.84 Å². The first-order chi connectivity index (χ1) is 10.9. The van der Waals surface area contributed by atoms with Gasteiger partial charge in [0.05, 0.1) is 18.2 Å². The number of ether oxygens (including phenoxy) is 1. The lowest BCUT2D eigenvalue weighted by molar-refractivity contribution is 0.0210. The molecule has 126 valence electrons. The Kier molecular flexibility index (Phi) is 4.81. The zero-order chi connectivity index (χ0) is 16.6. The number of hydrogen-bond acceptors (Lipinski definition) is 3. The molecule has 1 saturated carbocycles. The topological polar surface area (TPSA) is 73.6 Å². The number of rotatable bonds is 3. The standard InChI is InChI=1S/C18H26BrN3O/c1-11(20)17(21)22-16-15-9-13(19)4-3-12(15)10-18(16)7-5-14(23-2)6-8-18/h3-4,9,11,14,16H,5-8,10,20H2,1-2H3,(H2,21,22)/t11-,14?,16+,18?/m0/s1. The molecular formula is C18H26BrN3O. The molecule has 4 nitrogen and oxygen atoms in total. The SMILES string of the molecule is COC1CCC2(CC1)Cc1ccc(Br)cc1[C@H]2N=C(N)[C@H](C)N. The average molecular weight is 380 g/mol. The molecule has 0 aromatic heterocycles. The molecule has 0 unspecified atom stereocenters. The highest BCUT2D eigenvalue weighted by atomic mass is 79.9. The molecular weight excluding hydrogens is 354 g/mol. The second kappa shape index (κ2) is 6.54. The molecule has 5 heteroatoms. The van der Waals surface area contributed by atoms with Crippen LogP contribution >= 0.6 is 15.9 Å². The van der Waals surface area contributed by atoms with Crippen molar-refractivity contribution in [3.05, 3.63) is 33.8 Å². The molecule has 0 bridgehead atoms. The Balaban J connectivity index is 1.98. The van der Waals surface area contributed by atoms with Crippen molar-refractivity contribution >= 4 is 21.8 Å². The van der Waals surface area contributed by atoms with Gasteiger partial charge in [0.2, 0.25) is 0 Å². The zero-order valence-electron chi connectivity index (χ0n) is 13.9. The zero-order valence-corrected chi connectivity index (χ0v) is 15.5. The van der Waals surface area contributed by atoms with E-state index in [9.17, 15) is 0 Å². The van der Waals surface area contributed by atoms with E-state index >= 15 is 0 Å². The number of hydrogen-bond donors (Lipinski definition) is 2. The van der Waals surface area contributed by atoms with Crippen molar-refractivity contribution in [1.29, 1.82) is 0 Å². The van der Waals surface area contributed by atoms with Crippen LogP contribution in [-0.4, -0.2) is 25.1 Å². The molecule has 0 amide bonds. The molecule has 1 fully saturated rings. The fraction of sp³-hybridized carbons (Fsp3) is 0.611. The van der Waals surface area contributed by atoms with Crippen molar-refractivity contribution < 1.29 is 4.74 Å². The summed E-state index contributed by atoms with van der Waals surface area (Å²) in [5.41, 5.74) is 14.9. The number of fused-ring (bicyclic) bond motifs is 1. The molecule has 2 aliphatic rings. The van der Waals surface area contributed by atoms with Crippen molar-refractivity contribution in [2.24, 2.45) is 21.9 Å². The lowest BCUT2D eigenvalue weighted by atomic mass is 9.68. The molecule has 2 aliphatic carbocycles. The van der Waals surface area contributed by atoms with Crippen LogP contribution in [0.2, 0.25) is 0 Å². The molecule has 0 radical (unpaired) electrons. The van der Waals surface area contributed by atoms with Crippen LogP contribution in [0.25, 0.3) is 0 Å². The van der Waals surface area contributed by atoms with Gasteiger partial charge in [-0.3, -0.25) is 4.99 Å². The predicted octanol–water partition coefficient (Wildman–Crippen LogP) is 3.33. The molecule has 1 spiro atoms. The van der Waals surface area contributed by atoms with Crippen LogP contribution < -0.4 is 11.5 Å². The van der Waals surface area contributed by atoms with Crippen LogP contribution in [0.3, 0.4) is 0 Å². The van der Waals surface area contributed by atoms with Crippen molar-refractivity contribution in [3.63, 3.8) is 0 Å². The predicted molar refractivity (Wildman–Crippen MR) is 97.6 cm³/mol. The second-order valence-corrected chi connectivity index (χ2v) is 7.98. The van der Waals surface area contributed by atoms with Gasteiger partial charge in [-0.15, -0.1) is 0 Å². The van der Waals surface area contributed by atoms with Crippen molar-refractivity contribution in [2.45, 2.75) is 57.2 Å².